The summed E-state index contributed by atoms with van der Waals surface area (Å²) in [6, 6.07) is 12.7. The van der Waals surface area contributed by atoms with Gasteiger partial charge in [0.2, 0.25) is 0 Å². The van der Waals surface area contributed by atoms with E-state index in [4.69, 9.17) is 9.26 Å². The summed E-state index contributed by atoms with van der Waals surface area (Å²) < 4.78 is 24.3. The number of rotatable bonds is 6. The Kier molecular flexibility index (Phi) is 5.17. The highest BCUT2D eigenvalue weighted by Crippen LogP contribution is 2.30. The summed E-state index contributed by atoms with van der Waals surface area (Å²) in [5.74, 6) is 1.58. The molecule has 0 radical (unpaired) electrons. The van der Waals surface area contributed by atoms with E-state index in [1.165, 1.54) is 12.1 Å². The summed E-state index contributed by atoms with van der Waals surface area (Å²) in [5, 5.41) is 3.89. The Bertz CT molecular complexity index is 830. The molecule has 130 valence electrons. The summed E-state index contributed by atoms with van der Waals surface area (Å²) in [7, 11) is 0. The van der Waals surface area contributed by atoms with Crippen LogP contribution in [0.3, 0.4) is 0 Å². The van der Waals surface area contributed by atoms with Crippen LogP contribution in [0.15, 0.2) is 47.0 Å². The Morgan fingerprint density at radius 2 is 1.64 bits per heavy atom. The molecule has 0 unspecified atom stereocenters. The van der Waals surface area contributed by atoms with Gasteiger partial charge in [-0.2, -0.15) is 0 Å². The van der Waals surface area contributed by atoms with Crippen molar-refractivity contribution in [2.45, 2.75) is 33.6 Å². The van der Waals surface area contributed by atoms with Crippen molar-refractivity contribution >= 4 is 0 Å². The fourth-order valence-corrected chi connectivity index (χ4v) is 2.94. The highest BCUT2D eigenvalue weighted by molar-refractivity contribution is 5.67. The van der Waals surface area contributed by atoms with E-state index < -0.39 is 0 Å². The van der Waals surface area contributed by atoms with Crippen molar-refractivity contribution in [2.24, 2.45) is 0 Å². The van der Waals surface area contributed by atoms with Gasteiger partial charge in [0.05, 0.1) is 12.3 Å². The molecule has 0 saturated heterocycles. The van der Waals surface area contributed by atoms with Crippen molar-refractivity contribution < 1.29 is 13.7 Å². The number of ether oxygens (including phenoxy) is 1. The van der Waals surface area contributed by atoms with Crippen LogP contribution in [-0.4, -0.2) is 11.8 Å². The Morgan fingerprint density at radius 3 is 2.24 bits per heavy atom. The lowest BCUT2D eigenvalue weighted by Crippen LogP contribution is -2.02. The number of aromatic nitrogens is 1. The van der Waals surface area contributed by atoms with Gasteiger partial charge in [-0.1, -0.05) is 17.3 Å². The highest BCUT2D eigenvalue weighted by atomic mass is 19.1. The minimum atomic E-state index is -0.223. The number of nitrogens with zero attached hydrogens (tertiary/aromatic N) is 1. The first-order valence-corrected chi connectivity index (χ1v) is 8.45. The molecule has 0 aliphatic rings. The van der Waals surface area contributed by atoms with E-state index in [1.807, 2.05) is 26.8 Å². The first-order valence-electron chi connectivity index (χ1n) is 8.45. The molecule has 3 rings (SSSR count). The van der Waals surface area contributed by atoms with E-state index >= 15 is 0 Å². The normalized spacial score (nSPS) is 10.9. The van der Waals surface area contributed by atoms with E-state index in [9.17, 15) is 4.39 Å². The van der Waals surface area contributed by atoms with E-state index in [-0.39, 0.29) is 5.82 Å². The van der Waals surface area contributed by atoms with Crippen molar-refractivity contribution in [3.8, 4) is 16.9 Å². The van der Waals surface area contributed by atoms with Gasteiger partial charge in [0.1, 0.15) is 17.3 Å². The molecule has 3 aromatic rings. The fraction of sp³-hybridized carbons (Fsp3) is 0.286. The van der Waals surface area contributed by atoms with Gasteiger partial charge >= 0.3 is 0 Å². The van der Waals surface area contributed by atoms with Gasteiger partial charge in [-0.05, 0) is 73.7 Å². The van der Waals surface area contributed by atoms with Crippen LogP contribution in [0.4, 0.5) is 4.39 Å². The van der Waals surface area contributed by atoms with Gasteiger partial charge in [-0.25, -0.2) is 4.39 Å². The summed E-state index contributed by atoms with van der Waals surface area (Å²) in [6.45, 7) is 6.61. The summed E-state index contributed by atoms with van der Waals surface area (Å²) in [5.41, 5.74) is 5.13. The summed E-state index contributed by atoms with van der Waals surface area (Å²) in [4.78, 5) is 0. The molecule has 2 aromatic carbocycles. The van der Waals surface area contributed by atoms with Crippen LogP contribution in [-0.2, 0) is 6.42 Å². The van der Waals surface area contributed by atoms with Crippen molar-refractivity contribution in [3.63, 3.8) is 0 Å². The topological polar surface area (TPSA) is 35.3 Å². The molecule has 0 saturated carbocycles. The smallest absolute Gasteiger partial charge is 0.137 e. The second-order valence-electron chi connectivity index (χ2n) is 6.33. The number of aryl methyl sites for hydroxylation is 4. The van der Waals surface area contributed by atoms with Crippen LogP contribution in [0.5, 0.6) is 5.75 Å². The lowest BCUT2D eigenvalue weighted by molar-refractivity contribution is 0.296. The largest absolute Gasteiger partial charge is 0.493 e. The average molecular weight is 339 g/mol. The predicted molar refractivity (Wildman–Crippen MR) is 96.4 cm³/mol. The minimum Gasteiger partial charge on any atom is -0.493 e. The van der Waals surface area contributed by atoms with Gasteiger partial charge in [0.25, 0.3) is 0 Å². The Balaban J connectivity index is 1.64. The van der Waals surface area contributed by atoms with Crippen LogP contribution >= 0.6 is 0 Å². The third-order valence-corrected chi connectivity index (χ3v) is 4.13. The monoisotopic (exact) mass is 339 g/mol. The van der Waals surface area contributed by atoms with Crippen LogP contribution in [0, 0.1) is 26.6 Å². The Labute approximate surface area is 147 Å². The van der Waals surface area contributed by atoms with Crippen molar-refractivity contribution in [3.05, 3.63) is 70.9 Å². The van der Waals surface area contributed by atoms with E-state index in [0.29, 0.717) is 6.61 Å². The zero-order valence-electron chi connectivity index (χ0n) is 14.8. The highest BCUT2D eigenvalue weighted by Gasteiger charge is 2.09. The molecule has 4 heteroatoms. The number of hydrogen-bond donors (Lipinski definition) is 0. The molecule has 0 aliphatic heterocycles. The maximum Gasteiger partial charge on any atom is 0.137 e. The van der Waals surface area contributed by atoms with Crippen LogP contribution < -0.4 is 4.74 Å². The molecule has 0 aliphatic carbocycles. The predicted octanol–water partition coefficient (Wildman–Crippen LogP) is 5.42. The van der Waals surface area contributed by atoms with E-state index in [1.54, 1.807) is 12.1 Å². The molecule has 3 nitrogen and oxygen atoms in total. The van der Waals surface area contributed by atoms with Crippen molar-refractivity contribution in [2.75, 3.05) is 6.61 Å². The third-order valence-electron chi connectivity index (χ3n) is 4.13. The second-order valence-corrected chi connectivity index (χ2v) is 6.33. The standard InChI is InChI=1S/C21H22FNO2/c1-14-11-18(17-6-8-19(22)9-7-17)12-15(2)21(14)24-10-4-5-20-13-16(3)23-25-20/h6-9,11-13H,4-5,10H2,1-3H3. The molecule has 0 atom stereocenters. The molecule has 0 spiro atoms. The molecule has 25 heavy (non-hydrogen) atoms. The van der Waals surface area contributed by atoms with Crippen LogP contribution in [0.2, 0.25) is 0 Å². The Hall–Kier alpha value is -2.62. The summed E-state index contributed by atoms with van der Waals surface area (Å²) >= 11 is 0. The Morgan fingerprint density at radius 1 is 0.960 bits per heavy atom. The van der Waals surface area contributed by atoms with E-state index in [2.05, 4.69) is 17.3 Å². The maximum atomic E-state index is 13.1. The van der Waals surface area contributed by atoms with Gasteiger partial charge < -0.3 is 9.26 Å². The molecule has 0 N–H and O–H groups in total. The van der Waals surface area contributed by atoms with Gasteiger partial charge in [-0.15, -0.1) is 0 Å². The number of halogens is 1. The molecule has 0 bridgehead atoms. The second kappa shape index (κ2) is 7.51. The zero-order chi connectivity index (χ0) is 17.8. The molecule has 0 fully saturated rings. The van der Waals surface area contributed by atoms with Gasteiger partial charge in [0.15, 0.2) is 0 Å². The molecule has 0 amide bonds. The first kappa shape index (κ1) is 17.2. The first-order chi connectivity index (χ1) is 12.0. The van der Waals surface area contributed by atoms with Crippen LogP contribution in [0.1, 0.15) is 29.0 Å². The van der Waals surface area contributed by atoms with E-state index in [0.717, 1.165) is 52.3 Å². The summed E-state index contributed by atoms with van der Waals surface area (Å²) in [6.07, 6.45) is 1.68. The van der Waals surface area contributed by atoms with Crippen molar-refractivity contribution in [1.82, 2.24) is 5.16 Å². The number of benzene rings is 2. The molecule has 1 heterocycles. The SMILES string of the molecule is Cc1cc(CCCOc2c(C)cc(-c3ccc(F)cc3)cc2C)on1. The lowest BCUT2D eigenvalue weighted by atomic mass is 10.00. The molecular formula is C21H22FNO2. The fourth-order valence-electron chi connectivity index (χ4n) is 2.94. The zero-order valence-corrected chi connectivity index (χ0v) is 14.8. The lowest BCUT2D eigenvalue weighted by Gasteiger charge is -2.14. The van der Waals surface area contributed by atoms with Gasteiger partial charge in [0, 0.05) is 12.5 Å². The average Bonchev–Trinajstić information content (AvgIpc) is 2.99. The minimum absolute atomic E-state index is 0.223. The molecule has 1 aromatic heterocycles. The quantitative estimate of drug-likeness (QED) is 0.563. The number of hydrogen-bond acceptors (Lipinski definition) is 3. The maximum absolute atomic E-state index is 13.1. The molecular weight excluding hydrogens is 317 g/mol. The van der Waals surface area contributed by atoms with Crippen LogP contribution in [0.25, 0.3) is 11.1 Å². The van der Waals surface area contributed by atoms with Gasteiger partial charge in [-0.3, -0.25) is 0 Å². The third kappa shape index (κ3) is 4.27. The van der Waals surface area contributed by atoms with Crippen molar-refractivity contribution in [1.29, 1.82) is 0 Å².